The highest BCUT2D eigenvalue weighted by Crippen LogP contribution is 2.38. The molecule has 0 unspecified atom stereocenters. The molecular formula is C23H31NO6. The Morgan fingerprint density at radius 2 is 1.57 bits per heavy atom. The molecule has 164 valence electrons. The normalized spacial score (nSPS) is 10.8. The number of esters is 1. The third-order valence-corrected chi connectivity index (χ3v) is 5.04. The number of hydrogen-bond donors (Lipinski definition) is 0. The standard InChI is InChI=1S/C23H31NO6/c1-14(2)8-9-24-15(3)10-18(16(24)4)19(25)13-30-23(26)17-11-20(27-5)22(29-7)21(12-17)28-6/h10-12,14H,8-9,13H2,1-7H3. The molecule has 2 rings (SSSR count). The van der Waals surface area contributed by atoms with Gasteiger partial charge in [0.1, 0.15) is 0 Å². The molecule has 30 heavy (non-hydrogen) atoms. The fourth-order valence-corrected chi connectivity index (χ4v) is 3.31. The summed E-state index contributed by atoms with van der Waals surface area (Å²) >= 11 is 0. The molecule has 7 nitrogen and oxygen atoms in total. The van der Waals surface area contributed by atoms with Crippen molar-refractivity contribution in [1.82, 2.24) is 4.57 Å². The van der Waals surface area contributed by atoms with Gasteiger partial charge >= 0.3 is 5.97 Å². The Bertz CT molecular complexity index is 888. The number of aryl methyl sites for hydroxylation is 1. The van der Waals surface area contributed by atoms with Gasteiger partial charge in [0.25, 0.3) is 0 Å². The highest BCUT2D eigenvalue weighted by Gasteiger charge is 2.21. The van der Waals surface area contributed by atoms with E-state index in [2.05, 4.69) is 18.4 Å². The number of benzene rings is 1. The van der Waals surface area contributed by atoms with Gasteiger partial charge in [0.2, 0.25) is 11.5 Å². The maximum Gasteiger partial charge on any atom is 0.338 e. The van der Waals surface area contributed by atoms with E-state index in [4.69, 9.17) is 18.9 Å². The molecule has 1 heterocycles. The highest BCUT2D eigenvalue weighted by atomic mass is 16.5. The molecule has 1 aromatic carbocycles. The molecule has 0 saturated heterocycles. The molecule has 0 saturated carbocycles. The number of aromatic nitrogens is 1. The quantitative estimate of drug-likeness (QED) is 0.426. The van der Waals surface area contributed by atoms with Gasteiger partial charge in [-0.15, -0.1) is 0 Å². The van der Waals surface area contributed by atoms with Crippen molar-refractivity contribution in [2.24, 2.45) is 5.92 Å². The first-order chi connectivity index (χ1) is 14.2. The Morgan fingerprint density at radius 1 is 0.967 bits per heavy atom. The zero-order valence-electron chi connectivity index (χ0n) is 18.8. The Balaban J connectivity index is 2.13. The predicted octanol–water partition coefficient (Wildman–Crippen LogP) is 4.22. The maximum atomic E-state index is 12.7. The van der Waals surface area contributed by atoms with E-state index in [9.17, 15) is 9.59 Å². The summed E-state index contributed by atoms with van der Waals surface area (Å²) in [5.74, 6) is 0.745. The molecule has 0 amide bonds. The van der Waals surface area contributed by atoms with Crippen LogP contribution >= 0.6 is 0 Å². The smallest absolute Gasteiger partial charge is 0.338 e. The zero-order chi connectivity index (χ0) is 22.4. The van der Waals surface area contributed by atoms with Crippen molar-refractivity contribution in [2.45, 2.75) is 40.7 Å². The number of ketones is 1. The summed E-state index contributed by atoms with van der Waals surface area (Å²) in [5.41, 5.74) is 2.70. The second kappa shape index (κ2) is 10.2. The van der Waals surface area contributed by atoms with Crippen LogP contribution in [0.1, 0.15) is 52.4 Å². The van der Waals surface area contributed by atoms with Crippen LogP contribution in [-0.2, 0) is 11.3 Å². The minimum absolute atomic E-state index is 0.208. The SMILES string of the molecule is COc1cc(C(=O)OCC(=O)c2cc(C)n(CCC(C)C)c2C)cc(OC)c1OC. The van der Waals surface area contributed by atoms with Crippen molar-refractivity contribution in [3.63, 3.8) is 0 Å². The van der Waals surface area contributed by atoms with Crippen molar-refractivity contribution in [3.05, 3.63) is 40.7 Å². The van der Waals surface area contributed by atoms with E-state index in [0.717, 1.165) is 24.4 Å². The van der Waals surface area contributed by atoms with Crippen LogP contribution in [0.4, 0.5) is 0 Å². The third kappa shape index (κ3) is 5.14. The predicted molar refractivity (Wildman–Crippen MR) is 114 cm³/mol. The molecular weight excluding hydrogens is 386 g/mol. The first kappa shape index (κ1) is 23.3. The summed E-state index contributed by atoms with van der Waals surface area (Å²) in [6.07, 6.45) is 1.03. The minimum Gasteiger partial charge on any atom is -0.493 e. The first-order valence-electron chi connectivity index (χ1n) is 9.90. The van der Waals surface area contributed by atoms with Crippen molar-refractivity contribution in [1.29, 1.82) is 0 Å². The monoisotopic (exact) mass is 417 g/mol. The molecule has 0 spiro atoms. The summed E-state index contributed by atoms with van der Waals surface area (Å²) in [7, 11) is 4.41. The average Bonchev–Trinajstić information content (AvgIpc) is 3.02. The number of carbonyl (C=O) groups is 2. The average molecular weight is 418 g/mol. The molecule has 7 heteroatoms. The van der Waals surface area contributed by atoms with Gasteiger partial charge in [0, 0.05) is 23.5 Å². The van der Waals surface area contributed by atoms with Crippen LogP contribution < -0.4 is 14.2 Å². The van der Waals surface area contributed by atoms with E-state index in [1.165, 1.54) is 33.5 Å². The van der Waals surface area contributed by atoms with E-state index in [0.29, 0.717) is 28.7 Å². The summed E-state index contributed by atoms with van der Waals surface area (Å²) in [6, 6.07) is 4.84. The number of nitrogens with zero attached hydrogens (tertiary/aromatic N) is 1. The lowest BCUT2D eigenvalue weighted by Gasteiger charge is -2.13. The number of carbonyl (C=O) groups excluding carboxylic acids is 2. The van der Waals surface area contributed by atoms with Crippen LogP contribution in [0.3, 0.4) is 0 Å². The van der Waals surface area contributed by atoms with Crippen LogP contribution in [0.25, 0.3) is 0 Å². The molecule has 0 aliphatic heterocycles. The van der Waals surface area contributed by atoms with E-state index in [-0.39, 0.29) is 18.0 Å². The van der Waals surface area contributed by atoms with Gasteiger partial charge in [-0.2, -0.15) is 0 Å². The van der Waals surface area contributed by atoms with Gasteiger partial charge < -0.3 is 23.5 Å². The van der Waals surface area contributed by atoms with Gasteiger partial charge in [0.05, 0.1) is 26.9 Å². The van der Waals surface area contributed by atoms with Crippen LogP contribution in [0.5, 0.6) is 17.2 Å². The van der Waals surface area contributed by atoms with E-state index in [1.54, 1.807) is 0 Å². The zero-order valence-corrected chi connectivity index (χ0v) is 18.8. The Kier molecular flexibility index (Phi) is 7.92. The molecule has 0 bridgehead atoms. The van der Waals surface area contributed by atoms with Crippen molar-refractivity contribution >= 4 is 11.8 Å². The van der Waals surface area contributed by atoms with E-state index < -0.39 is 5.97 Å². The fourth-order valence-electron chi connectivity index (χ4n) is 3.31. The lowest BCUT2D eigenvalue weighted by molar-refractivity contribution is 0.0474. The Labute approximate surface area is 177 Å². The molecule has 1 aromatic heterocycles. The molecule has 0 aliphatic carbocycles. The first-order valence-corrected chi connectivity index (χ1v) is 9.90. The van der Waals surface area contributed by atoms with Gasteiger partial charge in [-0.05, 0) is 44.4 Å². The molecule has 2 aromatic rings. The number of hydrogen-bond acceptors (Lipinski definition) is 6. The summed E-state index contributed by atoms with van der Waals surface area (Å²) in [6.45, 7) is 8.75. The van der Waals surface area contributed by atoms with Gasteiger partial charge in [-0.25, -0.2) is 4.79 Å². The molecule has 0 atom stereocenters. The Morgan fingerprint density at radius 3 is 2.07 bits per heavy atom. The summed E-state index contributed by atoms with van der Waals surface area (Å²) < 4.78 is 23.2. The maximum absolute atomic E-state index is 12.7. The number of methoxy groups -OCH3 is 3. The third-order valence-electron chi connectivity index (χ3n) is 5.04. The number of Topliss-reactive ketones (excluding diaryl/α,β-unsaturated/α-hetero) is 1. The largest absolute Gasteiger partial charge is 0.493 e. The van der Waals surface area contributed by atoms with Crippen LogP contribution in [0, 0.1) is 19.8 Å². The second-order valence-electron chi connectivity index (χ2n) is 7.53. The number of ether oxygens (including phenoxy) is 4. The lowest BCUT2D eigenvalue weighted by Crippen LogP contribution is -2.15. The number of rotatable bonds is 10. The van der Waals surface area contributed by atoms with E-state index in [1.807, 2.05) is 19.9 Å². The highest BCUT2D eigenvalue weighted by molar-refractivity contribution is 6.00. The van der Waals surface area contributed by atoms with Crippen LogP contribution in [0.15, 0.2) is 18.2 Å². The van der Waals surface area contributed by atoms with Gasteiger partial charge in [-0.3, -0.25) is 4.79 Å². The topological polar surface area (TPSA) is 76.0 Å². The van der Waals surface area contributed by atoms with Gasteiger partial charge in [0.15, 0.2) is 18.1 Å². The lowest BCUT2D eigenvalue weighted by atomic mass is 10.1. The minimum atomic E-state index is -0.642. The molecule has 0 aliphatic rings. The molecule has 0 N–H and O–H groups in total. The van der Waals surface area contributed by atoms with E-state index >= 15 is 0 Å². The van der Waals surface area contributed by atoms with Crippen molar-refractivity contribution in [3.8, 4) is 17.2 Å². The van der Waals surface area contributed by atoms with Crippen molar-refractivity contribution in [2.75, 3.05) is 27.9 Å². The summed E-state index contributed by atoms with van der Waals surface area (Å²) in [5, 5.41) is 0. The van der Waals surface area contributed by atoms with Crippen LogP contribution in [0.2, 0.25) is 0 Å². The van der Waals surface area contributed by atoms with Crippen molar-refractivity contribution < 1.29 is 28.5 Å². The fraction of sp³-hybridized carbons (Fsp3) is 0.478. The van der Waals surface area contributed by atoms with Crippen LogP contribution in [-0.4, -0.2) is 44.3 Å². The second-order valence-corrected chi connectivity index (χ2v) is 7.53. The Hall–Kier alpha value is -2.96. The van der Waals surface area contributed by atoms with Gasteiger partial charge in [-0.1, -0.05) is 13.8 Å². The summed E-state index contributed by atoms with van der Waals surface area (Å²) in [4.78, 5) is 25.2. The molecule has 0 radical (unpaired) electrons. The molecule has 0 fully saturated rings.